The zero-order valence-electron chi connectivity index (χ0n) is 10.5. The van der Waals surface area contributed by atoms with E-state index in [-0.39, 0.29) is 17.1 Å². The Kier molecular flexibility index (Phi) is 4.07. The summed E-state index contributed by atoms with van der Waals surface area (Å²) < 4.78 is 25.7. The van der Waals surface area contributed by atoms with Crippen LogP contribution in [0.5, 0.6) is 0 Å². The van der Waals surface area contributed by atoms with Gasteiger partial charge in [-0.25, -0.2) is 13.6 Å². The molecule has 2 aromatic carbocycles. The molecule has 0 aliphatic heterocycles. The lowest BCUT2D eigenvalue weighted by molar-refractivity contribution is -0.384. The molecular formula is C13H9F2N3O3. The average Bonchev–Trinajstić information content (AvgIpc) is 2.43. The summed E-state index contributed by atoms with van der Waals surface area (Å²) >= 11 is 0. The summed E-state index contributed by atoms with van der Waals surface area (Å²) in [6.45, 7) is 0. The van der Waals surface area contributed by atoms with E-state index in [1.165, 1.54) is 30.3 Å². The number of benzene rings is 2. The number of amides is 2. The number of carbonyl (C=O) groups excluding carboxylic acids is 1. The number of hydrogen-bond donors (Lipinski definition) is 2. The largest absolute Gasteiger partial charge is 0.323 e. The van der Waals surface area contributed by atoms with Gasteiger partial charge in [-0.2, -0.15) is 0 Å². The smallest absolute Gasteiger partial charge is 0.308 e. The maximum Gasteiger partial charge on any atom is 0.323 e. The maximum absolute atomic E-state index is 13.0. The third kappa shape index (κ3) is 3.72. The van der Waals surface area contributed by atoms with Gasteiger partial charge in [-0.3, -0.25) is 10.1 Å². The van der Waals surface area contributed by atoms with E-state index in [2.05, 4.69) is 10.6 Å². The number of rotatable bonds is 3. The van der Waals surface area contributed by atoms with E-state index in [0.29, 0.717) is 0 Å². The van der Waals surface area contributed by atoms with Crippen LogP contribution in [0.2, 0.25) is 0 Å². The Labute approximate surface area is 117 Å². The number of nitrogens with one attached hydrogen (secondary N) is 2. The number of hydrogen-bond acceptors (Lipinski definition) is 3. The number of carbonyl (C=O) groups is 1. The minimum Gasteiger partial charge on any atom is -0.308 e. The minimum atomic E-state index is -1.09. The van der Waals surface area contributed by atoms with Crippen LogP contribution in [0.3, 0.4) is 0 Å². The van der Waals surface area contributed by atoms with Crippen LogP contribution in [0.15, 0.2) is 42.5 Å². The molecule has 8 heteroatoms. The molecule has 0 radical (unpaired) electrons. The van der Waals surface area contributed by atoms with Crippen LogP contribution < -0.4 is 10.6 Å². The number of anilines is 2. The molecule has 0 saturated carbocycles. The third-order valence-electron chi connectivity index (χ3n) is 2.49. The lowest BCUT2D eigenvalue weighted by atomic mass is 10.3. The van der Waals surface area contributed by atoms with Crippen molar-refractivity contribution in [2.75, 3.05) is 10.6 Å². The van der Waals surface area contributed by atoms with Gasteiger partial charge in [0, 0.05) is 29.6 Å². The molecule has 0 saturated heterocycles. The van der Waals surface area contributed by atoms with Gasteiger partial charge in [-0.1, -0.05) is 6.07 Å². The first kappa shape index (κ1) is 14.4. The summed E-state index contributed by atoms with van der Waals surface area (Å²) in [5.74, 6) is -2.12. The Morgan fingerprint density at radius 3 is 2.29 bits per heavy atom. The van der Waals surface area contributed by atoms with Crippen molar-refractivity contribution in [3.05, 3.63) is 64.2 Å². The van der Waals surface area contributed by atoms with E-state index in [1.807, 2.05) is 0 Å². The first-order chi connectivity index (χ1) is 9.95. The maximum atomic E-state index is 13.0. The van der Waals surface area contributed by atoms with Crippen molar-refractivity contribution in [2.24, 2.45) is 0 Å². The monoisotopic (exact) mass is 293 g/mol. The highest BCUT2D eigenvalue weighted by molar-refractivity contribution is 5.99. The third-order valence-corrected chi connectivity index (χ3v) is 2.49. The molecular weight excluding hydrogens is 284 g/mol. The topological polar surface area (TPSA) is 84.3 Å². The predicted octanol–water partition coefficient (Wildman–Crippen LogP) is 3.52. The number of urea groups is 1. The molecule has 0 aliphatic carbocycles. The fourth-order valence-electron chi connectivity index (χ4n) is 1.56. The van der Waals surface area contributed by atoms with Crippen LogP contribution in [-0.2, 0) is 0 Å². The Morgan fingerprint density at radius 1 is 1.00 bits per heavy atom. The SMILES string of the molecule is O=C(Nc1cccc([N+](=O)[O-])c1)Nc1ccc(F)c(F)c1. The Morgan fingerprint density at radius 2 is 1.67 bits per heavy atom. The van der Waals surface area contributed by atoms with Crippen LogP contribution >= 0.6 is 0 Å². The van der Waals surface area contributed by atoms with Crippen molar-refractivity contribution in [1.29, 1.82) is 0 Å². The molecule has 0 spiro atoms. The molecule has 0 bridgehead atoms. The summed E-state index contributed by atoms with van der Waals surface area (Å²) in [6.07, 6.45) is 0. The highest BCUT2D eigenvalue weighted by atomic mass is 19.2. The predicted molar refractivity (Wildman–Crippen MR) is 72.1 cm³/mol. The van der Waals surface area contributed by atoms with Gasteiger partial charge in [-0.05, 0) is 18.2 Å². The first-order valence-electron chi connectivity index (χ1n) is 5.73. The van der Waals surface area contributed by atoms with Gasteiger partial charge in [0.25, 0.3) is 5.69 Å². The molecule has 0 aromatic heterocycles. The molecule has 2 aromatic rings. The van der Waals surface area contributed by atoms with Crippen LogP contribution in [-0.4, -0.2) is 11.0 Å². The second-order valence-corrected chi connectivity index (χ2v) is 4.02. The number of nitrogens with zero attached hydrogens (tertiary/aromatic N) is 1. The standard InChI is InChI=1S/C13H9F2N3O3/c14-11-5-4-9(7-12(11)15)17-13(19)16-8-2-1-3-10(6-8)18(20)21/h1-7H,(H2,16,17,19). The summed E-state index contributed by atoms with van der Waals surface area (Å²) in [6, 6.07) is 7.46. The molecule has 21 heavy (non-hydrogen) atoms. The Hall–Kier alpha value is -3.03. The molecule has 2 amide bonds. The zero-order valence-corrected chi connectivity index (χ0v) is 10.5. The van der Waals surface area contributed by atoms with Crippen molar-refractivity contribution in [2.45, 2.75) is 0 Å². The Bertz CT molecular complexity index is 707. The number of halogens is 2. The number of nitro benzene ring substituents is 1. The van der Waals surface area contributed by atoms with E-state index >= 15 is 0 Å². The minimum absolute atomic E-state index is 0.0526. The van der Waals surface area contributed by atoms with Crippen molar-refractivity contribution in [3.63, 3.8) is 0 Å². The Balaban J connectivity index is 2.06. The summed E-state index contributed by atoms with van der Waals surface area (Å²) in [7, 11) is 0. The number of nitro groups is 1. The highest BCUT2D eigenvalue weighted by Gasteiger charge is 2.09. The van der Waals surface area contributed by atoms with Gasteiger partial charge in [0.05, 0.1) is 4.92 Å². The van der Waals surface area contributed by atoms with Crippen molar-refractivity contribution in [1.82, 2.24) is 0 Å². The van der Waals surface area contributed by atoms with Crippen molar-refractivity contribution >= 4 is 23.1 Å². The average molecular weight is 293 g/mol. The first-order valence-corrected chi connectivity index (χ1v) is 5.73. The lowest BCUT2D eigenvalue weighted by Gasteiger charge is -2.07. The van der Waals surface area contributed by atoms with Crippen LogP contribution in [0.25, 0.3) is 0 Å². The lowest BCUT2D eigenvalue weighted by Crippen LogP contribution is -2.19. The van der Waals surface area contributed by atoms with Crippen LogP contribution in [0.1, 0.15) is 0 Å². The van der Waals surface area contributed by atoms with E-state index < -0.39 is 22.6 Å². The van der Waals surface area contributed by atoms with E-state index in [9.17, 15) is 23.7 Å². The molecule has 0 atom stereocenters. The molecule has 108 valence electrons. The molecule has 2 N–H and O–H groups in total. The normalized spacial score (nSPS) is 10.0. The van der Waals surface area contributed by atoms with Gasteiger partial charge in [0.2, 0.25) is 0 Å². The van der Waals surface area contributed by atoms with Gasteiger partial charge < -0.3 is 10.6 Å². The molecule has 0 heterocycles. The van der Waals surface area contributed by atoms with Gasteiger partial charge >= 0.3 is 6.03 Å². The molecule has 0 aliphatic rings. The molecule has 0 fully saturated rings. The second-order valence-electron chi connectivity index (χ2n) is 4.02. The highest BCUT2D eigenvalue weighted by Crippen LogP contribution is 2.18. The van der Waals surface area contributed by atoms with E-state index in [4.69, 9.17) is 0 Å². The summed E-state index contributed by atoms with van der Waals surface area (Å²) in [5, 5.41) is 15.2. The zero-order chi connectivity index (χ0) is 15.4. The second kappa shape index (κ2) is 5.95. The van der Waals surface area contributed by atoms with Crippen LogP contribution in [0.4, 0.5) is 30.6 Å². The van der Waals surface area contributed by atoms with Crippen molar-refractivity contribution < 1.29 is 18.5 Å². The van der Waals surface area contributed by atoms with Crippen LogP contribution in [0, 0.1) is 21.7 Å². The molecule has 6 nitrogen and oxygen atoms in total. The van der Waals surface area contributed by atoms with Gasteiger partial charge in [0.1, 0.15) is 0 Å². The van der Waals surface area contributed by atoms with E-state index in [0.717, 1.165) is 12.1 Å². The van der Waals surface area contributed by atoms with Gasteiger partial charge in [-0.15, -0.1) is 0 Å². The quantitative estimate of drug-likeness (QED) is 0.670. The fraction of sp³-hybridized carbons (Fsp3) is 0. The molecule has 0 unspecified atom stereocenters. The van der Waals surface area contributed by atoms with Gasteiger partial charge in [0.15, 0.2) is 11.6 Å². The fourth-order valence-corrected chi connectivity index (χ4v) is 1.56. The number of non-ortho nitro benzene ring substituents is 1. The summed E-state index contributed by atoms with van der Waals surface area (Å²) in [4.78, 5) is 21.7. The van der Waals surface area contributed by atoms with E-state index in [1.54, 1.807) is 0 Å². The summed E-state index contributed by atoms with van der Waals surface area (Å²) in [5.41, 5.74) is 0.0711. The van der Waals surface area contributed by atoms with Crippen molar-refractivity contribution in [3.8, 4) is 0 Å². The molecule has 2 rings (SSSR count).